The molecule has 1 aromatic carbocycles. The first kappa shape index (κ1) is 15.8. The second-order valence-electron chi connectivity index (χ2n) is 4.59. The summed E-state index contributed by atoms with van der Waals surface area (Å²) in [5, 5.41) is 6.73. The van der Waals surface area contributed by atoms with E-state index in [0.29, 0.717) is 16.4 Å². The zero-order valence-electron chi connectivity index (χ0n) is 12.0. The van der Waals surface area contributed by atoms with Crippen molar-refractivity contribution in [3.63, 3.8) is 0 Å². The zero-order valence-corrected chi connectivity index (χ0v) is 12.7. The largest absolute Gasteiger partial charge is 0.452 e. The minimum atomic E-state index is -0.765. The summed E-state index contributed by atoms with van der Waals surface area (Å²) < 4.78 is 9.55. The molecule has 0 aliphatic carbocycles. The molecule has 0 saturated carbocycles. The van der Waals surface area contributed by atoms with Crippen LogP contribution < -0.4 is 11.1 Å². The van der Waals surface area contributed by atoms with Gasteiger partial charge in [0.1, 0.15) is 5.56 Å². The van der Waals surface area contributed by atoms with Gasteiger partial charge in [0.05, 0.1) is 5.69 Å². The van der Waals surface area contributed by atoms with Crippen molar-refractivity contribution in [2.75, 3.05) is 17.7 Å². The van der Waals surface area contributed by atoms with E-state index in [1.54, 1.807) is 32.0 Å². The number of anilines is 2. The van der Waals surface area contributed by atoms with Crippen LogP contribution in [0.2, 0.25) is 5.02 Å². The van der Waals surface area contributed by atoms with E-state index in [1.807, 2.05) is 0 Å². The Morgan fingerprint density at radius 2 is 2.14 bits per heavy atom. The quantitative estimate of drug-likeness (QED) is 0.836. The van der Waals surface area contributed by atoms with Crippen molar-refractivity contribution in [2.24, 2.45) is 0 Å². The molecule has 116 valence electrons. The van der Waals surface area contributed by atoms with Crippen LogP contribution in [0.4, 0.5) is 11.6 Å². The van der Waals surface area contributed by atoms with Crippen LogP contribution in [0.15, 0.2) is 22.7 Å². The lowest BCUT2D eigenvalue weighted by molar-refractivity contribution is -0.119. The maximum atomic E-state index is 11.8. The highest BCUT2D eigenvalue weighted by Gasteiger charge is 2.20. The maximum absolute atomic E-state index is 11.8. The summed E-state index contributed by atoms with van der Waals surface area (Å²) in [5.74, 6) is -1.39. The van der Waals surface area contributed by atoms with E-state index < -0.39 is 18.5 Å². The second kappa shape index (κ2) is 6.48. The molecule has 2 aromatic rings. The number of nitrogens with one attached hydrogen (secondary N) is 1. The molecule has 3 N–H and O–H groups in total. The highest BCUT2D eigenvalue weighted by molar-refractivity contribution is 6.30. The van der Waals surface area contributed by atoms with Crippen molar-refractivity contribution in [2.45, 2.75) is 13.8 Å². The molecular formula is C14H14ClN3O4. The fourth-order valence-corrected chi connectivity index (χ4v) is 2.02. The van der Waals surface area contributed by atoms with E-state index in [1.165, 1.54) is 0 Å². The average molecular weight is 324 g/mol. The Morgan fingerprint density at radius 3 is 2.73 bits per heavy atom. The molecule has 1 heterocycles. The standard InChI is InChI=1S/C14H14ClN3O4/c1-7-5-9(15)3-4-10(7)17-11(19)6-21-14(20)12-8(2)18-22-13(12)16/h3-5H,6,16H2,1-2H3,(H,17,19). The van der Waals surface area contributed by atoms with Gasteiger partial charge < -0.3 is 20.3 Å². The lowest BCUT2D eigenvalue weighted by Crippen LogP contribution is -2.21. The number of halogens is 1. The van der Waals surface area contributed by atoms with E-state index in [2.05, 4.69) is 15.0 Å². The molecule has 0 aliphatic rings. The summed E-state index contributed by atoms with van der Waals surface area (Å²) in [6.07, 6.45) is 0. The number of esters is 1. The number of nitrogens with zero attached hydrogens (tertiary/aromatic N) is 1. The van der Waals surface area contributed by atoms with Crippen LogP contribution >= 0.6 is 11.6 Å². The third kappa shape index (κ3) is 3.56. The van der Waals surface area contributed by atoms with Gasteiger partial charge in [-0.3, -0.25) is 4.79 Å². The van der Waals surface area contributed by atoms with Crippen LogP contribution in [0.1, 0.15) is 21.6 Å². The molecule has 0 radical (unpaired) electrons. The summed E-state index contributed by atoms with van der Waals surface area (Å²) in [6, 6.07) is 5.03. The topological polar surface area (TPSA) is 107 Å². The second-order valence-corrected chi connectivity index (χ2v) is 5.03. The number of carbonyl (C=O) groups is 2. The molecule has 1 aromatic heterocycles. The average Bonchev–Trinajstić information content (AvgIpc) is 2.79. The first-order valence-electron chi connectivity index (χ1n) is 6.33. The number of hydrogen-bond acceptors (Lipinski definition) is 6. The minimum Gasteiger partial charge on any atom is -0.452 e. The molecule has 22 heavy (non-hydrogen) atoms. The highest BCUT2D eigenvalue weighted by atomic mass is 35.5. The van der Waals surface area contributed by atoms with Crippen LogP contribution in [-0.4, -0.2) is 23.6 Å². The van der Waals surface area contributed by atoms with Gasteiger partial charge in [-0.15, -0.1) is 0 Å². The molecular weight excluding hydrogens is 310 g/mol. The van der Waals surface area contributed by atoms with Crippen molar-refractivity contribution in [3.05, 3.63) is 40.0 Å². The van der Waals surface area contributed by atoms with Crippen LogP contribution in [0.3, 0.4) is 0 Å². The monoisotopic (exact) mass is 323 g/mol. The number of rotatable bonds is 4. The number of hydrogen-bond donors (Lipinski definition) is 2. The van der Waals surface area contributed by atoms with Gasteiger partial charge in [-0.05, 0) is 37.6 Å². The Morgan fingerprint density at radius 1 is 1.41 bits per heavy atom. The summed E-state index contributed by atoms with van der Waals surface area (Å²) in [6.45, 7) is 2.90. The van der Waals surface area contributed by atoms with Crippen molar-refractivity contribution in [1.29, 1.82) is 0 Å². The van der Waals surface area contributed by atoms with Crippen molar-refractivity contribution in [1.82, 2.24) is 5.16 Å². The predicted molar refractivity (Wildman–Crippen MR) is 80.8 cm³/mol. The number of aryl methyl sites for hydroxylation is 2. The van der Waals surface area contributed by atoms with Gasteiger partial charge in [0, 0.05) is 10.7 Å². The number of aromatic nitrogens is 1. The zero-order chi connectivity index (χ0) is 16.3. The highest BCUT2D eigenvalue weighted by Crippen LogP contribution is 2.20. The maximum Gasteiger partial charge on any atom is 0.346 e. The summed E-state index contributed by atoms with van der Waals surface area (Å²) in [7, 11) is 0. The van der Waals surface area contributed by atoms with Gasteiger partial charge in [-0.2, -0.15) is 0 Å². The number of benzene rings is 1. The number of amides is 1. The Balaban J connectivity index is 1.94. The fourth-order valence-electron chi connectivity index (χ4n) is 1.79. The van der Waals surface area contributed by atoms with E-state index in [4.69, 9.17) is 22.1 Å². The molecule has 0 fully saturated rings. The lowest BCUT2D eigenvalue weighted by atomic mass is 10.2. The molecule has 2 rings (SSSR count). The predicted octanol–water partition coefficient (Wildman–Crippen LogP) is 2.32. The third-order valence-electron chi connectivity index (χ3n) is 2.89. The minimum absolute atomic E-state index is 0.0236. The van der Waals surface area contributed by atoms with Gasteiger partial charge in [0.25, 0.3) is 5.91 Å². The number of ether oxygens (including phenoxy) is 1. The van der Waals surface area contributed by atoms with Crippen LogP contribution in [0.25, 0.3) is 0 Å². The van der Waals surface area contributed by atoms with E-state index in [-0.39, 0.29) is 11.4 Å². The van der Waals surface area contributed by atoms with E-state index in [0.717, 1.165) is 5.56 Å². The number of carbonyl (C=O) groups excluding carboxylic acids is 2. The first-order chi connectivity index (χ1) is 10.4. The van der Waals surface area contributed by atoms with Gasteiger partial charge in [-0.25, -0.2) is 4.79 Å². The molecule has 0 saturated heterocycles. The van der Waals surface area contributed by atoms with Gasteiger partial charge in [-0.1, -0.05) is 16.8 Å². The molecule has 1 amide bonds. The van der Waals surface area contributed by atoms with Crippen LogP contribution in [-0.2, 0) is 9.53 Å². The number of nitrogen functional groups attached to an aromatic ring is 1. The van der Waals surface area contributed by atoms with Crippen LogP contribution in [0, 0.1) is 13.8 Å². The van der Waals surface area contributed by atoms with Crippen LogP contribution in [0.5, 0.6) is 0 Å². The fraction of sp³-hybridized carbons (Fsp3) is 0.214. The van der Waals surface area contributed by atoms with Gasteiger partial charge in [0.2, 0.25) is 5.88 Å². The first-order valence-corrected chi connectivity index (χ1v) is 6.71. The van der Waals surface area contributed by atoms with E-state index >= 15 is 0 Å². The Kier molecular flexibility index (Phi) is 4.67. The summed E-state index contributed by atoms with van der Waals surface area (Å²) in [4.78, 5) is 23.6. The van der Waals surface area contributed by atoms with E-state index in [9.17, 15) is 9.59 Å². The smallest absolute Gasteiger partial charge is 0.346 e. The van der Waals surface area contributed by atoms with Crippen molar-refractivity contribution < 1.29 is 18.8 Å². The van der Waals surface area contributed by atoms with Gasteiger partial charge >= 0.3 is 5.97 Å². The summed E-state index contributed by atoms with van der Waals surface area (Å²) in [5.41, 5.74) is 7.18. The Labute approximate surface area is 131 Å². The Bertz CT molecular complexity index is 707. The van der Waals surface area contributed by atoms with Crippen molar-refractivity contribution >= 4 is 35.0 Å². The lowest BCUT2D eigenvalue weighted by Gasteiger charge is -2.09. The molecule has 0 spiro atoms. The SMILES string of the molecule is Cc1cc(Cl)ccc1NC(=O)COC(=O)c1c(C)noc1N. The Hall–Kier alpha value is -2.54. The molecule has 7 nitrogen and oxygen atoms in total. The molecule has 0 bridgehead atoms. The van der Waals surface area contributed by atoms with Gasteiger partial charge in [0.15, 0.2) is 6.61 Å². The van der Waals surface area contributed by atoms with Crippen molar-refractivity contribution in [3.8, 4) is 0 Å². The molecule has 0 aliphatic heterocycles. The normalized spacial score (nSPS) is 10.3. The molecule has 0 atom stereocenters. The number of nitrogens with two attached hydrogens (primary N) is 1. The third-order valence-corrected chi connectivity index (χ3v) is 3.13. The summed E-state index contributed by atoms with van der Waals surface area (Å²) >= 11 is 5.83. The molecule has 0 unspecified atom stereocenters. The molecule has 8 heteroatoms.